The van der Waals surface area contributed by atoms with Gasteiger partial charge in [0.05, 0.1) is 0 Å². The predicted molar refractivity (Wildman–Crippen MR) is 76.5 cm³/mol. The summed E-state index contributed by atoms with van der Waals surface area (Å²) < 4.78 is 0. The summed E-state index contributed by atoms with van der Waals surface area (Å²) in [6, 6.07) is 0. The van der Waals surface area contributed by atoms with Crippen LogP contribution in [-0.4, -0.2) is 66.1 Å². The Balaban J connectivity index is 1.49. The van der Waals surface area contributed by atoms with Gasteiger partial charge in [-0.15, -0.1) is 0 Å². The maximum atomic E-state index is 4.40. The quantitative estimate of drug-likeness (QED) is 0.861. The maximum Gasteiger partial charge on any atom is 0.132 e. The third-order valence-corrected chi connectivity index (χ3v) is 4.19. The summed E-state index contributed by atoms with van der Waals surface area (Å²) >= 11 is 0. The number of rotatable bonds is 4. The average Bonchev–Trinajstić information content (AvgIpc) is 2.90. The molecule has 0 saturated carbocycles. The van der Waals surface area contributed by atoms with Crippen LogP contribution in [-0.2, 0) is 12.8 Å². The van der Waals surface area contributed by atoms with Crippen LogP contribution in [0.15, 0.2) is 6.33 Å². The Hall–Kier alpha value is -1.20. The molecule has 5 nitrogen and oxygen atoms in total. The molecule has 5 heteroatoms. The van der Waals surface area contributed by atoms with Crippen molar-refractivity contribution in [2.45, 2.75) is 19.3 Å². The van der Waals surface area contributed by atoms with Gasteiger partial charge in [0.1, 0.15) is 12.1 Å². The minimum Gasteiger partial charge on any atom is -0.368 e. The highest BCUT2D eigenvalue weighted by Gasteiger charge is 2.17. The highest BCUT2D eigenvalue weighted by Crippen LogP contribution is 2.24. The summed E-state index contributed by atoms with van der Waals surface area (Å²) in [6.07, 6.45) is 5.17. The molecule has 0 atom stereocenters. The first-order valence-electron chi connectivity index (χ1n) is 7.30. The number of aryl methyl sites for hydroxylation is 1. The van der Waals surface area contributed by atoms with Crippen molar-refractivity contribution in [3.05, 3.63) is 17.6 Å². The molecule has 0 unspecified atom stereocenters. The van der Waals surface area contributed by atoms with E-state index in [1.54, 1.807) is 6.33 Å². The SMILES string of the molecule is CN1CCN(CCNc2ncnc3c2CCC3)CC1. The second-order valence-corrected chi connectivity index (χ2v) is 5.57. The van der Waals surface area contributed by atoms with Crippen LogP contribution in [0.1, 0.15) is 17.7 Å². The Morgan fingerprint density at radius 1 is 1.16 bits per heavy atom. The Morgan fingerprint density at radius 3 is 2.84 bits per heavy atom. The molecule has 1 aliphatic heterocycles. The number of piperazine rings is 1. The van der Waals surface area contributed by atoms with Crippen LogP contribution >= 0.6 is 0 Å². The first-order valence-corrected chi connectivity index (χ1v) is 7.30. The third-order valence-electron chi connectivity index (χ3n) is 4.19. The van der Waals surface area contributed by atoms with Crippen LogP contribution in [0.3, 0.4) is 0 Å². The van der Waals surface area contributed by atoms with E-state index >= 15 is 0 Å². The molecule has 1 aromatic heterocycles. The van der Waals surface area contributed by atoms with E-state index in [0.717, 1.165) is 31.7 Å². The second-order valence-electron chi connectivity index (χ2n) is 5.57. The van der Waals surface area contributed by atoms with Crippen LogP contribution < -0.4 is 5.32 Å². The first kappa shape index (κ1) is 12.8. The van der Waals surface area contributed by atoms with Crippen LogP contribution in [0.25, 0.3) is 0 Å². The minimum atomic E-state index is 0.979. The average molecular weight is 261 g/mol. The van der Waals surface area contributed by atoms with Crippen molar-refractivity contribution in [3.63, 3.8) is 0 Å². The monoisotopic (exact) mass is 261 g/mol. The molecular formula is C14H23N5. The molecular weight excluding hydrogens is 238 g/mol. The molecule has 0 spiro atoms. The van der Waals surface area contributed by atoms with E-state index in [2.05, 4.69) is 32.1 Å². The van der Waals surface area contributed by atoms with Gasteiger partial charge in [-0.05, 0) is 26.3 Å². The summed E-state index contributed by atoms with van der Waals surface area (Å²) in [6.45, 7) is 6.81. The second kappa shape index (κ2) is 5.84. The van der Waals surface area contributed by atoms with Crippen molar-refractivity contribution in [2.75, 3.05) is 51.6 Å². The van der Waals surface area contributed by atoms with Gasteiger partial charge in [0.25, 0.3) is 0 Å². The molecule has 2 heterocycles. The van der Waals surface area contributed by atoms with Crippen LogP contribution in [0.2, 0.25) is 0 Å². The Bertz CT molecular complexity index is 426. The Kier molecular flexibility index (Phi) is 3.94. The molecule has 104 valence electrons. The summed E-state index contributed by atoms with van der Waals surface area (Å²) in [7, 11) is 2.19. The fourth-order valence-corrected chi connectivity index (χ4v) is 2.92. The summed E-state index contributed by atoms with van der Waals surface area (Å²) in [5, 5.41) is 3.50. The third kappa shape index (κ3) is 3.04. The molecule has 1 fully saturated rings. The van der Waals surface area contributed by atoms with Crippen LogP contribution in [0, 0.1) is 0 Å². The van der Waals surface area contributed by atoms with E-state index in [4.69, 9.17) is 0 Å². The number of hydrogen-bond acceptors (Lipinski definition) is 5. The predicted octanol–water partition coefficient (Wildman–Crippen LogP) is 0.625. The maximum absolute atomic E-state index is 4.40. The lowest BCUT2D eigenvalue weighted by molar-refractivity contribution is 0.158. The van der Waals surface area contributed by atoms with Crippen molar-refractivity contribution >= 4 is 5.82 Å². The zero-order valence-corrected chi connectivity index (χ0v) is 11.7. The number of anilines is 1. The summed E-state index contributed by atoms with van der Waals surface area (Å²) in [5.41, 5.74) is 2.60. The molecule has 0 bridgehead atoms. The smallest absolute Gasteiger partial charge is 0.132 e. The van der Waals surface area contributed by atoms with Crippen molar-refractivity contribution in [1.82, 2.24) is 19.8 Å². The number of nitrogens with zero attached hydrogens (tertiary/aromatic N) is 4. The van der Waals surface area contributed by atoms with Crippen molar-refractivity contribution in [1.29, 1.82) is 0 Å². The number of fused-ring (bicyclic) bond motifs is 1. The molecule has 19 heavy (non-hydrogen) atoms. The molecule has 0 radical (unpaired) electrons. The van der Waals surface area contributed by atoms with Crippen molar-refractivity contribution < 1.29 is 0 Å². The lowest BCUT2D eigenvalue weighted by Crippen LogP contribution is -2.45. The number of nitrogens with one attached hydrogen (secondary N) is 1. The highest BCUT2D eigenvalue weighted by molar-refractivity contribution is 5.47. The standard InChI is InChI=1S/C14H23N5/c1-18-7-9-19(10-8-18)6-5-15-14-12-3-2-4-13(12)16-11-17-14/h11H,2-10H2,1H3,(H,15,16,17). The zero-order chi connectivity index (χ0) is 13.1. The molecule has 1 aliphatic carbocycles. The molecule has 0 aromatic carbocycles. The highest BCUT2D eigenvalue weighted by atomic mass is 15.2. The molecule has 1 N–H and O–H groups in total. The van der Waals surface area contributed by atoms with Gasteiger partial charge in [-0.3, -0.25) is 4.90 Å². The van der Waals surface area contributed by atoms with Crippen molar-refractivity contribution in [3.8, 4) is 0 Å². The fourth-order valence-electron chi connectivity index (χ4n) is 2.92. The normalized spacial score (nSPS) is 20.5. The molecule has 1 saturated heterocycles. The van der Waals surface area contributed by atoms with Gasteiger partial charge >= 0.3 is 0 Å². The van der Waals surface area contributed by atoms with Crippen LogP contribution in [0.4, 0.5) is 5.82 Å². The number of aromatic nitrogens is 2. The molecule has 1 aromatic rings. The Labute approximate surface area is 115 Å². The van der Waals surface area contributed by atoms with E-state index < -0.39 is 0 Å². The van der Waals surface area contributed by atoms with E-state index in [-0.39, 0.29) is 0 Å². The minimum absolute atomic E-state index is 0.979. The van der Waals surface area contributed by atoms with E-state index in [0.29, 0.717) is 0 Å². The summed E-state index contributed by atoms with van der Waals surface area (Å²) in [4.78, 5) is 13.7. The van der Waals surface area contributed by atoms with E-state index in [1.807, 2.05) is 0 Å². The first-order chi connectivity index (χ1) is 9.33. The largest absolute Gasteiger partial charge is 0.368 e. The zero-order valence-electron chi connectivity index (χ0n) is 11.7. The topological polar surface area (TPSA) is 44.3 Å². The molecule has 3 rings (SSSR count). The van der Waals surface area contributed by atoms with Gasteiger partial charge in [0.2, 0.25) is 0 Å². The van der Waals surface area contributed by atoms with Gasteiger partial charge < -0.3 is 10.2 Å². The lowest BCUT2D eigenvalue weighted by Gasteiger charge is -2.32. The van der Waals surface area contributed by atoms with Gasteiger partial charge in [-0.1, -0.05) is 0 Å². The van der Waals surface area contributed by atoms with E-state index in [1.165, 1.54) is 43.9 Å². The number of likely N-dealkylation sites (N-methyl/N-ethyl adjacent to an activating group) is 1. The molecule has 2 aliphatic rings. The van der Waals surface area contributed by atoms with E-state index in [9.17, 15) is 0 Å². The lowest BCUT2D eigenvalue weighted by atomic mass is 10.2. The van der Waals surface area contributed by atoms with Crippen molar-refractivity contribution in [2.24, 2.45) is 0 Å². The summed E-state index contributed by atoms with van der Waals surface area (Å²) in [5.74, 6) is 1.07. The van der Waals surface area contributed by atoms with Gasteiger partial charge in [0.15, 0.2) is 0 Å². The van der Waals surface area contributed by atoms with Gasteiger partial charge in [-0.2, -0.15) is 0 Å². The number of hydrogen-bond donors (Lipinski definition) is 1. The van der Waals surface area contributed by atoms with Crippen LogP contribution in [0.5, 0.6) is 0 Å². The van der Waals surface area contributed by atoms with Gasteiger partial charge in [0, 0.05) is 50.5 Å². The van der Waals surface area contributed by atoms with Gasteiger partial charge in [-0.25, -0.2) is 9.97 Å². The Morgan fingerprint density at radius 2 is 2.00 bits per heavy atom. The fraction of sp³-hybridized carbons (Fsp3) is 0.714. The molecule has 0 amide bonds.